The van der Waals surface area contributed by atoms with E-state index in [4.69, 9.17) is 0 Å². The molecule has 2 N–H and O–H groups in total. The molecule has 0 spiro atoms. The minimum atomic E-state index is -0.371. The lowest BCUT2D eigenvalue weighted by Crippen LogP contribution is -2.36. The lowest BCUT2D eigenvalue weighted by Gasteiger charge is -2.21. The van der Waals surface area contributed by atoms with Crippen LogP contribution in [0.2, 0.25) is 0 Å². The minimum absolute atomic E-state index is 0.371. The first-order valence-electron chi connectivity index (χ1n) is 11.8. The van der Waals surface area contributed by atoms with E-state index >= 15 is 0 Å². The lowest BCUT2D eigenvalue weighted by molar-refractivity contribution is 0.155. The van der Waals surface area contributed by atoms with E-state index in [1.54, 1.807) is 0 Å². The van der Waals surface area contributed by atoms with Gasteiger partial charge in [-0.3, -0.25) is 4.99 Å². The van der Waals surface area contributed by atoms with Crippen LogP contribution in [0.15, 0.2) is 4.99 Å². The molecule has 2 atom stereocenters. The molecule has 1 heterocycles. The second-order valence-corrected chi connectivity index (χ2v) is 8.19. The maximum absolute atomic E-state index is 10.4. The fourth-order valence-corrected chi connectivity index (χ4v) is 4.02. The number of nitrogens with one attached hydrogen (secondary N) is 1. The van der Waals surface area contributed by atoms with Gasteiger partial charge in [0.1, 0.15) is 11.9 Å². The molecule has 0 aromatic heterocycles. The molecular weight excluding hydrogens is 320 g/mol. The topological polar surface area (TPSA) is 44.6 Å². The number of rotatable bonds is 18. The summed E-state index contributed by atoms with van der Waals surface area (Å²) in [6.07, 6.45) is 21.4. The fraction of sp³-hybridized carbons (Fsp3) is 0.957. The number of hydrogen-bond acceptors (Lipinski definition) is 3. The number of aliphatic hydroxyl groups excluding tert-OH is 1. The van der Waals surface area contributed by atoms with Gasteiger partial charge in [-0.15, -0.1) is 0 Å². The second-order valence-electron chi connectivity index (χ2n) is 8.19. The zero-order valence-corrected chi connectivity index (χ0v) is 17.8. The van der Waals surface area contributed by atoms with E-state index in [0.717, 1.165) is 31.8 Å². The molecule has 3 heteroatoms. The molecule has 3 nitrogen and oxygen atoms in total. The smallest absolute Gasteiger partial charge is 0.126 e. The van der Waals surface area contributed by atoms with E-state index < -0.39 is 0 Å². The highest BCUT2D eigenvalue weighted by molar-refractivity contribution is 5.87. The molecular formula is C23H46N2O. The zero-order chi connectivity index (χ0) is 18.9. The van der Waals surface area contributed by atoms with E-state index in [0.29, 0.717) is 5.92 Å². The van der Waals surface area contributed by atoms with Crippen molar-refractivity contribution < 1.29 is 5.11 Å². The molecule has 0 aromatic rings. The average molecular weight is 367 g/mol. The predicted octanol–water partition coefficient (Wildman–Crippen LogP) is 6.25. The van der Waals surface area contributed by atoms with Gasteiger partial charge >= 0.3 is 0 Å². The van der Waals surface area contributed by atoms with Crippen molar-refractivity contribution in [3.05, 3.63) is 0 Å². The molecule has 2 unspecified atom stereocenters. The molecule has 0 aliphatic carbocycles. The van der Waals surface area contributed by atoms with Crippen molar-refractivity contribution in [1.29, 1.82) is 0 Å². The van der Waals surface area contributed by atoms with Crippen molar-refractivity contribution in [1.82, 2.24) is 5.32 Å². The summed E-state index contributed by atoms with van der Waals surface area (Å²) in [6, 6.07) is 0. The standard InChI is InChI=1S/C23H46N2O/c1-3-5-6-7-8-9-10-11-12-13-14-15-16-17-18-21(4-2)22(26)23-24-19-20-25-23/h21-22,26H,3-20H2,1-2H3,(H,24,25). The Hall–Kier alpha value is -0.570. The van der Waals surface area contributed by atoms with Crippen LogP contribution in [0.25, 0.3) is 0 Å². The number of hydrogen-bond donors (Lipinski definition) is 2. The van der Waals surface area contributed by atoms with Crippen LogP contribution in [0.4, 0.5) is 0 Å². The van der Waals surface area contributed by atoms with Crippen molar-refractivity contribution in [3.63, 3.8) is 0 Å². The summed E-state index contributed by atoms with van der Waals surface area (Å²) >= 11 is 0. The van der Waals surface area contributed by atoms with Gasteiger partial charge in [0.25, 0.3) is 0 Å². The molecule has 0 saturated heterocycles. The summed E-state index contributed by atoms with van der Waals surface area (Å²) in [4.78, 5) is 4.38. The van der Waals surface area contributed by atoms with Crippen LogP contribution >= 0.6 is 0 Å². The molecule has 1 aliphatic heterocycles. The van der Waals surface area contributed by atoms with Gasteiger partial charge in [-0.05, 0) is 12.3 Å². The Labute approximate surface area is 163 Å². The molecule has 0 radical (unpaired) electrons. The summed E-state index contributed by atoms with van der Waals surface area (Å²) in [7, 11) is 0. The first kappa shape index (κ1) is 23.5. The summed E-state index contributed by atoms with van der Waals surface area (Å²) in [6.45, 7) is 6.19. The van der Waals surface area contributed by atoms with Crippen LogP contribution in [0.5, 0.6) is 0 Å². The molecule has 0 bridgehead atoms. The number of aliphatic imine (C=N–C) groups is 1. The van der Waals surface area contributed by atoms with Crippen LogP contribution in [-0.2, 0) is 0 Å². The Morgan fingerprint density at radius 1 is 0.808 bits per heavy atom. The number of aliphatic hydroxyl groups is 1. The van der Waals surface area contributed by atoms with Crippen LogP contribution < -0.4 is 5.32 Å². The minimum Gasteiger partial charge on any atom is -0.385 e. The van der Waals surface area contributed by atoms with E-state index in [-0.39, 0.29) is 6.10 Å². The molecule has 0 aromatic carbocycles. The summed E-state index contributed by atoms with van der Waals surface area (Å²) < 4.78 is 0. The van der Waals surface area contributed by atoms with Crippen LogP contribution in [0, 0.1) is 5.92 Å². The first-order valence-corrected chi connectivity index (χ1v) is 11.8. The van der Waals surface area contributed by atoms with Gasteiger partial charge < -0.3 is 10.4 Å². The van der Waals surface area contributed by atoms with Gasteiger partial charge in [-0.2, -0.15) is 0 Å². The van der Waals surface area contributed by atoms with Gasteiger partial charge in [-0.25, -0.2) is 0 Å². The largest absolute Gasteiger partial charge is 0.385 e. The maximum Gasteiger partial charge on any atom is 0.126 e. The zero-order valence-electron chi connectivity index (χ0n) is 17.8. The summed E-state index contributed by atoms with van der Waals surface area (Å²) in [5.41, 5.74) is 0. The normalized spacial score (nSPS) is 16.3. The number of nitrogens with zero attached hydrogens (tertiary/aromatic N) is 1. The fourth-order valence-electron chi connectivity index (χ4n) is 4.02. The Morgan fingerprint density at radius 3 is 1.73 bits per heavy atom. The van der Waals surface area contributed by atoms with Crippen molar-refractivity contribution in [2.75, 3.05) is 13.1 Å². The van der Waals surface area contributed by atoms with Gasteiger partial charge in [0.15, 0.2) is 0 Å². The predicted molar refractivity (Wildman–Crippen MR) is 115 cm³/mol. The maximum atomic E-state index is 10.4. The highest BCUT2D eigenvalue weighted by atomic mass is 16.3. The summed E-state index contributed by atoms with van der Waals surface area (Å²) in [5.74, 6) is 1.21. The van der Waals surface area contributed by atoms with Crippen molar-refractivity contribution in [2.45, 2.75) is 123 Å². The van der Waals surface area contributed by atoms with E-state index in [1.165, 1.54) is 89.9 Å². The SMILES string of the molecule is CCCCCCCCCCCCCCCCC(CC)C(O)C1=NCCN1. The highest BCUT2D eigenvalue weighted by Gasteiger charge is 2.23. The Balaban J connectivity index is 1.86. The Morgan fingerprint density at radius 2 is 1.31 bits per heavy atom. The van der Waals surface area contributed by atoms with Crippen LogP contribution in [0.1, 0.15) is 117 Å². The molecule has 1 rings (SSSR count). The number of unbranched alkanes of at least 4 members (excludes halogenated alkanes) is 13. The van der Waals surface area contributed by atoms with Gasteiger partial charge in [0.05, 0.1) is 6.54 Å². The Bertz CT molecular complexity index is 343. The number of amidine groups is 1. The van der Waals surface area contributed by atoms with Crippen molar-refractivity contribution >= 4 is 5.84 Å². The third kappa shape index (κ3) is 11.2. The molecule has 1 aliphatic rings. The van der Waals surface area contributed by atoms with E-state index in [9.17, 15) is 5.11 Å². The monoisotopic (exact) mass is 366 g/mol. The Kier molecular flexibility index (Phi) is 15.0. The van der Waals surface area contributed by atoms with E-state index in [2.05, 4.69) is 24.2 Å². The summed E-state index contributed by atoms with van der Waals surface area (Å²) in [5, 5.41) is 13.6. The van der Waals surface area contributed by atoms with Gasteiger partial charge in [0, 0.05) is 6.54 Å². The molecule has 154 valence electrons. The second kappa shape index (κ2) is 16.6. The molecule has 26 heavy (non-hydrogen) atoms. The van der Waals surface area contributed by atoms with Crippen LogP contribution in [0.3, 0.4) is 0 Å². The first-order chi connectivity index (χ1) is 12.8. The quantitative estimate of drug-likeness (QED) is 0.282. The third-order valence-electron chi connectivity index (χ3n) is 5.88. The molecule has 0 saturated carbocycles. The van der Waals surface area contributed by atoms with Crippen molar-refractivity contribution in [2.24, 2.45) is 10.9 Å². The average Bonchev–Trinajstić information content (AvgIpc) is 3.19. The highest BCUT2D eigenvalue weighted by Crippen LogP contribution is 2.20. The van der Waals surface area contributed by atoms with Crippen molar-refractivity contribution in [3.8, 4) is 0 Å². The van der Waals surface area contributed by atoms with Crippen LogP contribution in [-0.4, -0.2) is 30.1 Å². The third-order valence-corrected chi connectivity index (χ3v) is 5.88. The lowest BCUT2D eigenvalue weighted by atomic mass is 9.92. The van der Waals surface area contributed by atoms with E-state index in [1.807, 2.05) is 0 Å². The van der Waals surface area contributed by atoms with Gasteiger partial charge in [-0.1, -0.05) is 110 Å². The molecule has 0 fully saturated rings. The molecule has 0 amide bonds. The van der Waals surface area contributed by atoms with Gasteiger partial charge in [0.2, 0.25) is 0 Å².